The fraction of sp³-hybridized carbons (Fsp3) is 0.562. The number of ether oxygens (including phenoxy) is 1. The fourth-order valence-electron chi connectivity index (χ4n) is 2.96. The highest BCUT2D eigenvalue weighted by atomic mass is 35.5. The largest absolute Gasteiger partial charge is 0.496 e. The number of aliphatic hydroxyl groups excluding tert-OH is 1. The van der Waals surface area contributed by atoms with E-state index in [-0.39, 0.29) is 0 Å². The maximum absolute atomic E-state index is 10.8. The Morgan fingerprint density at radius 3 is 2.65 bits per heavy atom. The topological polar surface area (TPSA) is 53.2 Å². The van der Waals surface area contributed by atoms with E-state index < -0.39 is 11.5 Å². The lowest BCUT2D eigenvalue weighted by Crippen LogP contribution is -2.32. The number of nitriles is 1. The Kier molecular flexibility index (Phi) is 4.57. The van der Waals surface area contributed by atoms with Crippen LogP contribution in [0.25, 0.3) is 0 Å². The van der Waals surface area contributed by atoms with Crippen LogP contribution in [-0.2, 0) is 0 Å². The van der Waals surface area contributed by atoms with Gasteiger partial charge in [-0.2, -0.15) is 5.26 Å². The van der Waals surface area contributed by atoms with Crippen LogP contribution >= 0.6 is 11.6 Å². The second-order valence-corrected chi connectivity index (χ2v) is 6.12. The zero-order valence-corrected chi connectivity index (χ0v) is 12.7. The molecule has 1 aliphatic rings. The molecule has 0 aliphatic heterocycles. The summed E-state index contributed by atoms with van der Waals surface area (Å²) in [7, 11) is 1.55. The van der Waals surface area contributed by atoms with Gasteiger partial charge in [0.2, 0.25) is 0 Å². The molecule has 0 heterocycles. The van der Waals surface area contributed by atoms with Crippen molar-refractivity contribution in [2.24, 2.45) is 11.3 Å². The maximum Gasteiger partial charge on any atom is 0.126 e. The number of hydrogen-bond donors (Lipinski definition) is 1. The fourth-order valence-corrected chi connectivity index (χ4v) is 3.23. The highest BCUT2D eigenvalue weighted by Gasteiger charge is 2.43. The van der Waals surface area contributed by atoms with Crippen LogP contribution in [0, 0.1) is 22.7 Å². The second-order valence-electron chi connectivity index (χ2n) is 5.71. The van der Waals surface area contributed by atoms with Crippen LogP contribution in [0.15, 0.2) is 18.2 Å². The summed E-state index contributed by atoms with van der Waals surface area (Å²) in [6.07, 6.45) is 2.39. The van der Waals surface area contributed by atoms with Crippen LogP contribution in [0.5, 0.6) is 5.75 Å². The van der Waals surface area contributed by atoms with E-state index in [9.17, 15) is 10.4 Å². The van der Waals surface area contributed by atoms with Crippen LogP contribution in [-0.4, -0.2) is 12.2 Å². The van der Waals surface area contributed by atoms with E-state index in [4.69, 9.17) is 16.3 Å². The smallest absolute Gasteiger partial charge is 0.126 e. The van der Waals surface area contributed by atoms with E-state index in [1.807, 2.05) is 0 Å². The van der Waals surface area contributed by atoms with Crippen LogP contribution in [0.4, 0.5) is 0 Å². The second kappa shape index (κ2) is 6.03. The summed E-state index contributed by atoms with van der Waals surface area (Å²) in [5.74, 6) is 1.15. The van der Waals surface area contributed by atoms with Gasteiger partial charge in [0, 0.05) is 5.56 Å². The van der Waals surface area contributed by atoms with Crippen molar-refractivity contribution >= 4 is 11.6 Å². The Labute approximate surface area is 125 Å². The Hall–Kier alpha value is -1.24. The molecular formula is C16H20ClNO2. The summed E-state index contributed by atoms with van der Waals surface area (Å²) < 4.78 is 5.29. The summed E-state index contributed by atoms with van der Waals surface area (Å²) in [6, 6.07) is 7.61. The molecule has 1 saturated carbocycles. The molecule has 1 aliphatic carbocycles. The van der Waals surface area contributed by atoms with E-state index in [0.29, 0.717) is 35.1 Å². The lowest BCUT2D eigenvalue weighted by atomic mass is 9.67. The highest BCUT2D eigenvalue weighted by molar-refractivity contribution is 6.31. The van der Waals surface area contributed by atoms with Crippen LogP contribution < -0.4 is 4.74 Å². The molecule has 1 aromatic carbocycles. The molecule has 3 nitrogen and oxygen atoms in total. The van der Waals surface area contributed by atoms with E-state index in [0.717, 1.165) is 12.8 Å². The van der Waals surface area contributed by atoms with Crippen molar-refractivity contribution in [2.75, 3.05) is 7.11 Å². The van der Waals surface area contributed by atoms with Crippen LogP contribution in [0.3, 0.4) is 0 Å². The number of aliphatic hydroxyl groups is 1. The molecule has 0 saturated heterocycles. The summed E-state index contributed by atoms with van der Waals surface area (Å²) in [4.78, 5) is 0. The van der Waals surface area contributed by atoms with Crippen molar-refractivity contribution in [1.82, 2.24) is 0 Å². The van der Waals surface area contributed by atoms with Gasteiger partial charge in [-0.25, -0.2) is 0 Å². The molecule has 1 unspecified atom stereocenters. The first kappa shape index (κ1) is 15.2. The van der Waals surface area contributed by atoms with Gasteiger partial charge in [0.1, 0.15) is 11.9 Å². The van der Waals surface area contributed by atoms with Crippen molar-refractivity contribution in [1.29, 1.82) is 5.26 Å². The SMILES string of the molecule is COc1cccc(Cl)c1C(O)C1(C#N)CCC(C)CC1. The monoisotopic (exact) mass is 293 g/mol. The van der Waals surface area contributed by atoms with E-state index in [1.54, 1.807) is 25.3 Å². The van der Waals surface area contributed by atoms with Gasteiger partial charge in [-0.15, -0.1) is 0 Å². The van der Waals surface area contributed by atoms with E-state index in [2.05, 4.69) is 13.0 Å². The summed E-state index contributed by atoms with van der Waals surface area (Å²) in [5, 5.41) is 20.9. The molecule has 0 spiro atoms. The minimum Gasteiger partial charge on any atom is -0.496 e. The molecule has 4 heteroatoms. The molecule has 20 heavy (non-hydrogen) atoms. The molecule has 108 valence electrons. The van der Waals surface area contributed by atoms with E-state index in [1.165, 1.54) is 0 Å². The van der Waals surface area contributed by atoms with Crippen LogP contribution in [0.2, 0.25) is 5.02 Å². The van der Waals surface area contributed by atoms with Gasteiger partial charge in [0.15, 0.2) is 0 Å². The average molecular weight is 294 g/mol. The maximum atomic E-state index is 10.8. The molecule has 1 atom stereocenters. The Morgan fingerprint density at radius 1 is 1.45 bits per heavy atom. The number of methoxy groups -OCH3 is 1. The average Bonchev–Trinajstić information content (AvgIpc) is 2.47. The number of halogens is 1. The Balaban J connectivity index is 2.39. The predicted octanol–water partition coefficient (Wildman–Crippen LogP) is 4.10. The predicted molar refractivity (Wildman–Crippen MR) is 78.6 cm³/mol. The molecule has 1 aromatic rings. The molecule has 0 bridgehead atoms. The standard InChI is InChI=1S/C16H20ClNO2/c1-11-6-8-16(10-18,9-7-11)15(19)14-12(17)4-3-5-13(14)20-2/h3-5,11,15,19H,6-9H2,1-2H3. The van der Waals surface area contributed by atoms with Gasteiger partial charge >= 0.3 is 0 Å². The minimum absolute atomic E-state index is 0.449. The Morgan fingerprint density at radius 2 is 2.10 bits per heavy atom. The molecule has 1 N–H and O–H groups in total. The van der Waals surface area contributed by atoms with E-state index >= 15 is 0 Å². The summed E-state index contributed by atoms with van der Waals surface area (Å²) in [6.45, 7) is 2.18. The third-order valence-electron chi connectivity index (χ3n) is 4.42. The molecular weight excluding hydrogens is 274 g/mol. The third-order valence-corrected chi connectivity index (χ3v) is 4.75. The molecule has 2 rings (SSSR count). The molecule has 0 aromatic heterocycles. The van der Waals surface area contributed by atoms with Gasteiger partial charge < -0.3 is 9.84 Å². The minimum atomic E-state index is -0.913. The number of benzene rings is 1. The first-order valence-electron chi connectivity index (χ1n) is 6.96. The summed E-state index contributed by atoms with van der Waals surface area (Å²) >= 11 is 6.22. The van der Waals surface area contributed by atoms with Gasteiger partial charge in [-0.1, -0.05) is 24.6 Å². The summed E-state index contributed by atoms with van der Waals surface area (Å²) in [5.41, 5.74) is -0.224. The van der Waals surface area contributed by atoms with Gasteiger partial charge in [0.25, 0.3) is 0 Å². The molecule has 1 fully saturated rings. The van der Waals surface area contributed by atoms with Gasteiger partial charge in [0.05, 0.1) is 23.6 Å². The zero-order chi connectivity index (χ0) is 14.8. The zero-order valence-electron chi connectivity index (χ0n) is 11.9. The quantitative estimate of drug-likeness (QED) is 0.913. The lowest BCUT2D eigenvalue weighted by Gasteiger charge is -2.38. The Bertz CT molecular complexity index is 516. The molecule has 0 amide bonds. The lowest BCUT2D eigenvalue weighted by molar-refractivity contribution is 0.0251. The van der Waals surface area contributed by atoms with Crippen molar-refractivity contribution in [3.63, 3.8) is 0 Å². The van der Waals surface area contributed by atoms with Crippen molar-refractivity contribution in [3.05, 3.63) is 28.8 Å². The number of hydrogen-bond acceptors (Lipinski definition) is 3. The number of rotatable bonds is 3. The molecule has 0 radical (unpaired) electrons. The number of nitrogens with zero attached hydrogens (tertiary/aromatic N) is 1. The van der Waals surface area contributed by atoms with Crippen LogP contribution in [0.1, 0.15) is 44.3 Å². The van der Waals surface area contributed by atoms with Gasteiger partial charge in [-0.05, 0) is 43.7 Å². The van der Waals surface area contributed by atoms with Gasteiger partial charge in [-0.3, -0.25) is 0 Å². The third kappa shape index (κ3) is 2.63. The first-order valence-corrected chi connectivity index (χ1v) is 7.33. The van der Waals surface area contributed by atoms with Crippen molar-refractivity contribution < 1.29 is 9.84 Å². The van der Waals surface area contributed by atoms with Crippen molar-refractivity contribution in [2.45, 2.75) is 38.7 Å². The first-order chi connectivity index (χ1) is 9.54. The normalized spacial score (nSPS) is 27.6. The van der Waals surface area contributed by atoms with Crippen molar-refractivity contribution in [3.8, 4) is 11.8 Å². The highest BCUT2D eigenvalue weighted by Crippen LogP contribution is 2.50.